The molecule has 0 aliphatic heterocycles. The number of carboxylic acids is 1. The van der Waals surface area contributed by atoms with Gasteiger partial charge in [0.25, 0.3) is 0 Å². The predicted octanol–water partition coefficient (Wildman–Crippen LogP) is 3.58. The Balaban J connectivity index is 1.83. The van der Waals surface area contributed by atoms with E-state index in [-0.39, 0.29) is 5.92 Å². The molecule has 104 valence electrons. The molecule has 4 aliphatic rings. The summed E-state index contributed by atoms with van der Waals surface area (Å²) < 4.78 is 0. The average Bonchev–Trinajstić information content (AvgIpc) is 3.04. The monoisotopic (exact) mass is 260 g/mol. The Kier molecular flexibility index (Phi) is 2.06. The van der Waals surface area contributed by atoms with E-state index in [9.17, 15) is 9.90 Å². The summed E-state index contributed by atoms with van der Waals surface area (Å²) in [6, 6.07) is 0. The third-order valence-corrected chi connectivity index (χ3v) is 7.11. The third-order valence-electron chi connectivity index (χ3n) is 7.11. The largest absolute Gasteiger partial charge is 0.481 e. The Bertz CT molecular complexity index is 472. The van der Waals surface area contributed by atoms with Crippen molar-refractivity contribution in [3.8, 4) is 0 Å². The van der Waals surface area contributed by atoms with Gasteiger partial charge in [0.2, 0.25) is 0 Å². The van der Waals surface area contributed by atoms with E-state index in [0.29, 0.717) is 40.4 Å². The molecule has 4 bridgehead atoms. The van der Waals surface area contributed by atoms with E-state index in [1.807, 2.05) is 0 Å². The van der Waals surface area contributed by atoms with E-state index >= 15 is 0 Å². The second-order valence-corrected chi connectivity index (χ2v) is 8.38. The maximum atomic E-state index is 11.5. The summed E-state index contributed by atoms with van der Waals surface area (Å²) in [4.78, 5) is 11.5. The van der Waals surface area contributed by atoms with Crippen molar-refractivity contribution in [1.82, 2.24) is 0 Å². The summed E-state index contributed by atoms with van der Waals surface area (Å²) >= 11 is 0. The molecule has 0 amide bonds. The number of carbonyl (C=O) groups is 1. The topological polar surface area (TPSA) is 37.3 Å². The third kappa shape index (κ3) is 1.14. The van der Waals surface area contributed by atoms with Crippen LogP contribution >= 0.6 is 0 Å². The number of allylic oxidation sites excluding steroid dienone is 2. The first kappa shape index (κ1) is 12.0. The molecule has 2 nitrogen and oxygen atoms in total. The number of hydrogen-bond donors (Lipinski definition) is 1. The van der Waals surface area contributed by atoms with Gasteiger partial charge < -0.3 is 5.11 Å². The molecule has 7 unspecified atom stereocenters. The van der Waals surface area contributed by atoms with E-state index in [4.69, 9.17) is 0 Å². The Hall–Kier alpha value is -0.790. The molecular weight excluding hydrogens is 236 g/mol. The van der Waals surface area contributed by atoms with Crippen LogP contribution in [0.15, 0.2) is 12.2 Å². The summed E-state index contributed by atoms with van der Waals surface area (Å²) in [5.41, 5.74) is 0.688. The molecule has 3 fully saturated rings. The highest BCUT2D eigenvalue weighted by atomic mass is 16.4. The molecule has 1 N–H and O–H groups in total. The van der Waals surface area contributed by atoms with E-state index in [1.165, 1.54) is 12.8 Å². The van der Waals surface area contributed by atoms with Gasteiger partial charge >= 0.3 is 5.97 Å². The number of fused-ring (bicyclic) bond motifs is 9. The van der Waals surface area contributed by atoms with Crippen LogP contribution < -0.4 is 0 Å². The minimum Gasteiger partial charge on any atom is -0.481 e. The highest BCUT2D eigenvalue weighted by molar-refractivity contribution is 5.71. The molecule has 0 aromatic rings. The fourth-order valence-electron chi connectivity index (χ4n) is 7.01. The molecular formula is C17H24O2. The normalized spacial score (nSPS) is 53.8. The van der Waals surface area contributed by atoms with Gasteiger partial charge in [0.1, 0.15) is 0 Å². The molecule has 0 aromatic carbocycles. The lowest BCUT2D eigenvalue weighted by Crippen LogP contribution is -2.51. The fourth-order valence-corrected chi connectivity index (χ4v) is 7.01. The number of rotatable bonds is 1. The van der Waals surface area contributed by atoms with Crippen molar-refractivity contribution >= 4 is 5.97 Å². The molecule has 0 spiro atoms. The molecule has 0 radical (unpaired) electrons. The van der Waals surface area contributed by atoms with Crippen molar-refractivity contribution in [2.75, 3.05) is 0 Å². The van der Waals surface area contributed by atoms with Gasteiger partial charge in [0.05, 0.1) is 5.92 Å². The van der Waals surface area contributed by atoms with E-state index < -0.39 is 5.97 Å². The van der Waals surface area contributed by atoms with Crippen LogP contribution in [0.5, 0.6) is 0 Å². The summed E-state index contributed by atoms with van der Waals surface area (Å²) in [5.74, 6) is 2.51. The maximum absolute atomic E-state index is 11.5. The first-order chi connectivity index (χ1) is 8.87. The first-order valence-corrected chi connectivity index (χ1v) is 7.78. The highest BCUT2D eigenvalue weighted by Crippen LogP contribution is 2.78. The standard InChI is InChI=1S/C17H24O2/c1-16(2,3)17-10-5-4-9(6-10)14(17)12-7-11(17)8-13(12)15(18)19/h4-5,9-14H,6-8H2,1-3H3,(H,18,19). The predicted molar refractivity (Wildman–Crippen MR) is 73.5 cm³/mol. The van der Waals surface area contributed by atoms with Crippen LogP contribution in [0.3, 0.4) is 0 Å². The number of hydrogen-bond acceptors (Lipinski definition) is 1. The van der Waals surface area contributed by atoms with Gasteiger partial charge in [-0.05, 0) is 59.7 Å². The maximum Gasteiger partial charge on any atom is 0.306 e. The summed E-state index contributed by atoms with van der Waals surface area (Å²) in [7, 11) is 0. The minimum absolute atomic E-state index is 0.0572. The van der Waals surface area contributed by atoms with Gasteiger partial charge in [-0.2, -0.15) is 0 Å². The Morgan fingerprint density at radius 2 is 1.95 bits per heavy atom. The average molecular weight is 260 g/mol. The van der Waals surface area contributed by atoms with Crippen LogP contribution in [0.25, 0.3) is 0 Å². The lowest BCUT2D eigenvalue weighted by atomic mass is 9.49. The molecule has 0 aromatic heterocycles. The smallest absolute Gasteiger partial charge is 0.306 e. The van der Waals surface area contributed by atoms with Crippen molar-refractivity contribution < 1.29 is 9.90 Å². The summed E-state index contributed by atoms with van der Waals surface area (Å²) in [6.45, 7) is 7.18. The summed E-state index contributed by atoms with van der Waals surface area (Å²) in [5, 5.41) is 9.49. The van der Waals surface area contributed by atoms with Crippen molar-refractivity contribution in [1.29, 1.82) is 0 Å². The molecule has 19 heavy (non-hydrogen) atoms. The zero-order valence-electron chi connectivity index (χ0n) is 12.1. The molecule has 4 rings (SSSR count). The molecule has 4 aliphatic carbocycles. The van der Waals surface area contributed by atoms with Crippen molar-refractivity contribution in [3.05, 3.63) is 12.2 Å². The van der Waals surface area contributed by atoms with Crippen LogP contribution in [0.2, 0.25) is 0 Å². The molecule has 0 saturated heterocycles. The lowest BCUT2D eigenvalue weighted by Gasteiger charge is -2.55. The van der Waals surface area contributed by atoms with Crippen LogP contribution in [-0.4, -0.2) is 11.1 Å². The van der Waals surface area contributed by atoms with Crippen LogP contribution in [0.1, 0.15) is 40.0 Å². The van der Waals surface area contributed by atoms with Crippen molar-refractivity contribution in [2.45, 2.75) is 40.0 Å². The minimum atomic E-state index is -0.540. The quantitative estimate of drug-likeness (QED) is 0.578. The van der Waals surface area contributed by atoms with E-state index in [0.717, 1.165) is 6.42 Å². The first-order valence-electron chi connectivity index (χ1n) is 7.78. The van der Waals surface area contributed by atoms with Crippen LogP contribution in [0, 0.1) is 46.3 Å². The lowest BCUT2D eigenvalue weighted by molar-refractivity contribution is -0.148. The van der Waals surface area contributed by atoms with Crippen molar-refractivity contribution in [2.24, 2.45) is 46.3 Å². The van der Waals surface area contributed by atoms with Gasteiger partial charge in [-0.15, -0.1) is 0 Å². The molecule has 3 saturated carbocycles. The zero-order chi connectivity index (χ0) is 13.6. The van der Waals surface area contributed by atoms with Gasteiger partial charge in [-0.3, -0.25) is 4.79 Å². The second-order valence-electron chi connectivity index (χ2n) is 8.38. The SMILES string of the molecule is CC(C)(C)C12C3C=CC(C3)C1C1CC2CC1C(=O)O. The number of aliphatic carboxylic acids is 1. The van der Waals surface area contributed by atoms with Gasteiger partial charge in [0, 0.05) is 0 Å². The van der Waals surface area contributed by atoms with Crippen molar-refractivity contribution in [3.63, 3.8) is 0 Å². The Labute approximate surface area is 115 Å². The van der Waals surface area contributed by atoms with E-state index in [1.54, 1.807) is 0 Å². The summed E-state index contributed by atoms with van der Waals surface area (Å²) in [6.07, 6.45) is 8.27. The van der Waals surface area contributed by atoms with Gasteiger partial charge in [0.15, 0.2) is 0 Å². The van der Waals surface area contributed by atoms with Crippen LogP contribution in [0.4, 0.5) is 0 Å². The van der Waals surface area contributed by atoms with Crippen LogP contribution in [-0.2, 0) is 4.79 Å². The van der Waals surface area contributed by atoms with E-state index in [2.05, 4.69) is 32.9 Å². The Morgan fingerprint density at radius 3 is 2.58 bits per heavy atom. The Morgan fingerprint density at radius 1 is 1.21 bits per heavy atom. The molecule has 7 atom stereocenters. The molecule has 0 heterocycles. The zero-order valence-corrected chi connectivity index (χ0v) is 12.1. The highest BCUT2D eigenvalue weighted by Gasteiger charge is 2.73. The second kappa shape index (κ2) is 3.27. The number of carboxylic acid groups (broad SMARTS) is 1. The van der Waals surface area contributed by atoms with Gasteiger partial charge in [-0.1, -0.05) is 32.9 Å². The molecule has 2 heteroatoms. The van der Waals surface area contributed by atoms with Gasteiger partial charge in [-0.25, -0.2) is 0 Å². The fraction of sp³-hybridized carbons (Fsp3) is 0.824.